The van der Waals surface area contributed by atoms with E-state index in [0.717, 1.165) is 0 Å². The van der Waals surface area contributed by atoms with E-state index >= 15 is 0 Å². The Labute approximate surface area is 80.2 Å². The Hall–Kier alpha value is -0.970. The molecule has 1 rings (SSSR count). The van der Waals surface area contributed by atoms with Gasteiger partial charge in [-0.25, -0.2) is 0 Å². The van der Waals surface area contributed by atoms with Gasteiger partial charge in [-0.05, 0) is 31.8 Å². The third kappa shape index (κ3) is 3.50. The molecule has 0 aromatic heterocycles. The fourth-order valence-corrected chi connectivity index (χ4v) is 1.79. The molecule has 1 fully saturated rings. The highest BCUT2D eigenvalue weighted by Gasteiger charge is 2.12. The van der Waals surface area contributed by atoms with Crippen molar-refractivity contribution in [1.29, 1.82) is 5.26 Å². The van der Waals surface area contributed by atoms with Crippen molar-refractivity contribution in [3.8, 4) is 6.07 Å². The van der Waals surface area contributed by atoms with Crippen LogP contribution in [0.1, 0.15) is 39.0 Å². The highest BCUT2D eigenvalue weighted by molar-refractivity contribution is 5.14. The molecule has 0 aliphatic heterocycles. The summed E-state index contributed by atoms with van der Waals surface area (Å²) in [5.74, 6) is 1.09. The molecule has 72 valence electrons. The van der Waals surface area contributed by atoms with Gasteiger partial charge >= 0.3 is 0 Å². The summed E-state index contributed by atoms with van der Waals surface area (Å²) in [6.45, 7) is 2.50. The standard InChI is InChI=1S/C11H17NO/c1-2-13-11(9-12)8-10-6-4-3-5-7-10/h8,10H,2-7H2,1H3. The van der Waals surface area contributed by atoms with Crippen LogP contribution in [-0.4, -0.2) is 6.61 Å². The lowest BCUT2D eigenvalue weighted by Crippen LogP contribution is -2.04. The van der Waals surface area contributed by atoms with E-state index in [1.807, 2.05) is 13.0 Å². The van der Waals surface area contributed by atoms with E-state index in [-0.39, 0.29) is 0 Å². The van der Waals surface area contributed by atoms with Crippen molar-refractivity contribution in [2.24, 2.45) is 5.92 Å². The van der Waals surface area contributed by atoms with E-state index in [1.54, 1.807) is 0 Å². The van der Waals surface area contributed by atoms with Gasteiger partial charge in [-0.2, -0.15) is 5.26 Å². The molecule has 0 spiro atoms. The smallest absolute Gasteiger partial charge is 0.193 e. The van der Waals surface area contributed by atoms with Crippen LogP contribution in [0.25, 0.3) is 0 Å². The molecule has 1 saturated carbocycles. The second kappa shape index (κ2) is 5.64. The van der Waals surface area contributed by atoms with Crippen LogP contribution < -0.4 is 0 Å². The first kappa shape index (κ1) is 10.1. The van der Waals surface area contributed by atoms with Crippen LogP contribution in [0.4, 0.5) is 0 Å². The van der Waals surface area contributed by atoms with E-state index in [9.17, 15) is 0 Å². The molecule has 0 atom stereocenters. The van der Waals surface area contributed by atoms with Gasteiger partial charge in [-0.1, -0.05) is 19.3 Å². The van der Waals surface area contributed by atoms with Crippen LogP contribution in [0.2, 0.25) is 0 Å². The zero-order valence-electron chi connectivity index (χ0n) is 8.25. The maximum atomic E-state index is 8.74. The van der Waals surface area contributed by atoms with E-state index in [4.69, 9.17) is 10.00 Å². The topological polar surface area (TPSA) is 33.0 Å². The van der Waals surface area contributed by atoms with Crippen LogP contribution in [0.15, 0.2) is 11.8 Å². The Kier molecular flexibility index (Phi) is 4.39. The second-order valence-electron chi connectivity index (χ2n) is 3.47. The zero-order chi connectivity index (χ0) is 9.52. The normalized spacial score (nSPS) is 19.5. The molecule has 0 aromatic rings. The SMILES string of the molecule is CCOC(C#N)=CC1CCCCC1. The van der Waals surface area contributed by atoms with Gasteiger partial charge in [0.05, 0.1) is 6.61 Å². The number of nitriles is 1. The highest BCUT2D eigenvalue weighted by Crippen LogP contribution is 2.25. The van der Waals surface area contributed by atoms with E-state index in [0.29, 0.717) is 18.3 Å². The van der Waals surface area contributed by atoms with Crippen LogP contribution >= 0.6 is 0 Å². The minimum atomic E-state index is 0.509. The van der Waals surface area contributed by atoms with Crippen molar-refractivity contribution in [3.05, 3.63) is 11.8 Å². The number of allylic oxidation sites excluding steroid dienone is 2. The Morgan fingerprint density at radius 1 is 1.46 bits per heavy atom. The predicted molar refractivity (Wildman–Crippen MR) is 51.9 cm³/mol. The fraction of sp³-hybridized carbons (Fsp3) is 0.727. The first-order valence-electron chi connectivity index (χ1n) is 5.11. The molecule has 2 nitrogen and oxygen atoms in total. The summed E-state index contributed by atoms with van der Waals surface area (Å²) in [5, 5.41) is 8.74. The lowest BCUT2D eigenvalue weighted by molar-refractivity contribution is 0.240. The predicted octanol–water partition coefficient (Wildman–Crippen LogP) is 3.01. The number of hydrogen-bond acceptors (Lipinski definition) is 2. The Morgan fingerprint density at radius 3 is 2.69 bits per heavy atom. The average molecular weight is 179 g/mol. The number of nitrogens with zero attached hydrogens (tertiary/aromatic N) is 1. The molecular formula is C11H17NO. The molecule has 0 bridgehead atoms. The maximum Gasteiger partial charge on any atom is 0.193 e. The molecule has 0 radical (unpaired) electrons. The van der Waals surface area contributed by atoms with Crippen molar-refractivity contribution in [2.75, 3.05) is 6.61 Å². The van der Waals surface area contributed by atoms with Crippen molar-refractivity contribution in [2.45, 2.75) is 39.0 Å². The van der Waals surface area contributed by atoms with Gasteiger partial charge < -0.3 is 4.74 Å². The molecule has 0 heterocycles. The third-order valence-electron chi connectivity index (χ3n) is 2.45. The van der Waals surface area contributed by atoms with Crippen molar-refractivity contribution >= 4 is 0 Å². The molecule has 13 heavy (non-hydrogen) atoms. The van der Waals surface area contributed by atoms with E-state index in [1.165, 1.54) is 32.1 Å². The summed E-state index contributed by atoms with van der Waals surface area (Å²) < 4.78 is 5.19. The Bertz CT molecular complexity index is 209. The van der Waals surface area contributed by atoms with Gasteiger partial charge in [-0.3, -0.25) is 0 Å². The first-order valence-corrected chi connectivity index (χ1v) is 5.11. The summed E-state index contributed by atoms with van der Waals surface area (Å²) in [5.41, 5.74) is 0. The lowest BCUT2D eigenvalue weighted by atomic mass is 9.89. The third-order valence-corrected chi connectivity index (χ3v) is 2.45. The molecule has 0 unspecified atom stereocenters. The number of ether oxygens (including phenoxy) is 1. The molecule has 0 aromatic carbocycles. The summed E-state index contributed by atoms with van der Waals surface area (Å²) >= 11 is 0. The van der Waals surface area contributed by atoms with Gasteiger partial charge in [0.2, 0.25) is 0 Å². The average Bonchev–Trinajstić information content (AvgIpc) is 2.19. The van der Waals surface area contributed by atoms with Gasteiger partial charge in [0, 0.05) is 0 Å². The highest BCUT2D eigenvalue weighted by atomic mass is 16.5. The van der Waals surface area contributed by atoms with Crippen LogP contribution in [-0.2, 0) is 4.74 Å². The maximum absolute atomic E-state index is 8.74. The van der Waals surface area contributed by atoms with Crippen LogP contribution in [0.3, 0.4) is 0 Å². The molecule has 1 aliphatic carbocycles. The molecular weight excluding hydrogens is 162 g/mol. The molecule has 0 N–H and O–H groups in total. The quantitative estimate of drug-likeness (QED) is 0.493. The van der Waals surface area contributed by atoms with Gasteiger partial charge in [-0.15, -0.1) is 0 Å². The number of rotatable bonds is 3. The van der Waals surface area contributed by atoms with Gasteiger partial charge in [0.15, 0.2) is 5.76 Å². The monoisotopic (exact) mass is 179 g/mol. The van der Waals surface area contributed by atoms with Crippen LogP contribution in [0.5, 0.6) is 0 Å². The van der Waals surface area contributed by atoms with Gasteiger partial charge in [0.25, 0.3) is 0 Å². The minimum absolute atomic E-state index is 0.509. The van der Waals surface area contributed by atoms with E-state index in [2.05, 4.69) is 6.07 Å². The largest absolute Gasteiger partial charge is 0.484 e. The molecule has 0 amide bonds. The van der Waals surface area contributed by atoms with Crippen LogP contribution in [0, 0.1) is 17.2 Å². The lowest BCUT2D eigenvalue weighted by Gasteiger charge is -2.18. The number of hydrogen-bond donors (Lipinski definition) is 0. The summed E-state index contributed by atoms with van der Waals surface area (Å²) in [6, 6.07) is 2.09. The van der Waals surface area contributed by atoms with Crippen molar-refractivity contribution < 1.29 is 4.74 Å². The Balaban J connectivity index is 2.45. The fourth-order valence-electron chi connectivity index (χ4n) is 1.79. The summed E-state index contributed by atoms with van der Waals surface area (Å²) in [6.07, 6.45) is 8.39. The molecule has 0 saturated heterocycles. The Morgan fingerprint density at radius 2 is 2.15 bits per heavy atom. The molecule has 2 heteroatoms. The summed E-state index contributed by atoms with van der Waals surface area (Å²) in [7, 11) is 0. The van der Waals surface area contributed by atoms with E-state index < -0.39 is 0 Å². The van der Waals surface area contributed by atoms with Gasteiger partial charge in [0.1, 0.15) is 6.07 Å². The summed E-state index contributed by atoms with van der Waals surface area (Å²) in [4.78, 5) is 0. The first-order chi connectivity index (χ1) is 6.36. The van der Waals surface area contributed by atoms with Crippen molar-refractivity contribution in [1.82, 2.24) is 0 Å². The minimum Gasteiger partial charge on any atom is -0.484 e. The molecule has 1 aliphatic rings. The zero-order valence-corrected chi connectivity index (χ0v) is 8.25. The van der Waals surface area contributed by atoms with Crippen molar-refractivity contribution in [3.63, 3.8) is 0 Å². The second-order valence-corrected chi connectivity index (χ2v) is 3.47.